The van der Waals surface area contributed by atoms with Gasteiger partial charge in [0.25, 0.3) is 0 Å². The van der Waals surface area contributed by atoms with E-state index in [4.69, 9.17) is 0 Å². The van der Waals surface area contributed by atoms with Gasteiger partial charge in [-0.15, -0.1) is 0 Å². The molecule has 0 saturated carbocycles. The Morgan fingerprint density at radius 3 is 2.67 bits per heavy atom. The Bertz CT molecular complexity index is 507. The Hall–Kier alpha value is -1.55. The van der Waals surface area contributed by atoms with Crippen LogP contribution in [0.2, 0.25) is 0 Å². The topological polar surface area (TPSA) is 44.4 Å². The number of piperidine rings is 1. The predicted octanol–water partition coefficient (Wildman–Crippen LogP) is 2.88. The fraction of sp³-hybridized carbons (Fsp3) is 0.588. The number of hydrazine groups is 1. The van der Waals surface area contributed by atoms with E-state index >= 15 is 0 Å². The maximum atomic E-state index is 12.7. The predicted molar refractivity (Wildman–Crippen MR) is 85.0 cm³/mol. The molecule has 3 unspecified atom stereocenters. The quantitative estimate of drug-likeness (QED) is 0.879. The van der Waals surface area contributed by atoms with E-state index in [1.165, 1.54) is 6.42 Å². The minimum Gasteiger partial charge on any atom is -0.385 e. The molecule has 0 radical (unpaired) electrons. The molecule has 1 amide bonds. The molecule has 1 saturated heterocycles. The number of hydrogen-bond acceptors (Lipinski definition) is 3. The van der Waals surface area contributed by atoms with Crippen LogP contribution in [0.15, 0.2) is 24.3 Å². The Morgan fingerprint density at radius 1 is 1.19 bits per heavy atom. The number of fused-ring (bicyclic) bond motifs is 1. The van der Waals surface area contributed by atoms with Crippen molar-refractivity contribution in [1.82, 2.24) is 10.4 Å². The highest BCUT2D eigenvalue weighted by molar-refractivity contribution is 5.86. The Balaban J connectivity index is 1.74. The number of amides is 1. The molecule has 0 spiro atoms. The smallest absolute Gasteiger partial charge is 0.241 e. The van der Waals surface area contributed by atoms with E-state index in [0.29, 0.717) is 12.1 Å². The number of nitrogens with zero attached hydrogens (tertiary/aromatic N) is 1. The van der Waals surface area contributed by atoms with E-state index in [1.54, 1.807) is 0 Å². The molecule has 1 aromatic carbocycles. The molecular formula is C17H25N3O. The number of para-hydroxylation sites is 1. The fourth-order valence-electron chi connectivity index (χ4n) is 3.59. The number of hydrogen-bond donors (Lipinski definition) is 2. The zero-order valence-corrected chi connectivity index (χ0v) is 12.9. The average Bonchev–Trinajstić information content (AvgIpc) is 2.50. The first-order valence-corrected chi connectivity index (χ1v) is 8.08. The van der Waals surface area contributed by atoms with Gasteiger partial charge in [0.05, 0.1) is 5.92 Å². The molecule has 2 N–H and O–H groups in total. The number of benzene rings is 1. The summed E-state index contributed by atoms with van der Waals surface area (Å²) in [4.78, 5) is 12.7. The van der Waals surface area contributed by atoms with E-state index < -0.39 is 0 Å². The zero-order chi connectivity index (χ0) is 14.8. The summed E-state index contributed by atoms with van der Waals surface area (Å²) in [6, 6.07) is 9.00. The molecule has 1 aromatic rings. The number of carbonyl (C=O) groups is 1. The third-order valence-electron chi connectivity index (χ3n) is 4.83. The first-order valence-electron chi connectivity index (χ1n) is 8.08. The normalized spacial score (nSPS) is 29.3. The summed E-state index contributed by atoms with van der Waals surface area (Å²) >= 11 is 0. The van der Waals surface area contributed by atoms with Crippen LogP contribution in [-0.4, -0.2) is 29.5 Å². The molecule has 2 heterocycles. The lowest BCUT2D eigenvalue weighted by Gasteiger charge is -2.40. The van der Waals surface area contributed by atoms with Gasteiger partial charge in [0, 0.05) is 24.3 Å². The van der Waals surface area contributed by atoms with Gasteiger partial charge >= 0.3 is 0 Å². The van der Waals surface area contributed by atoms with Crippen molar-refractivity contribution in [3.8, 4) is 0 Å². The second-order valence-corrected chi connectivity index (χ2v) is 6.37. The van der Waals surface area contributed by atoms with Crippen molar-refractivity contribution < 1.29 is 4.79 Å². The van der Waals surface area contributed by atoms with Crippen LogP contribution in [0, 0.1) is 0 Å². The third kappa shape index (κ3) is 2.91. The van der Waals surface area contributed by atoms with Gasteiger partial charge in [-0.25, -0.2) is 5.01 Å². The van der Waals surface area contributed by atoms with Crippen molar-refractivity contribution in [2.45, 2.75) is 57.5 Å². The molecule has 0 aliphatic carbocycles. The maximum absolute atomic E-state index is 12.7. The highest BCUT2D eigenvalue weighted by Crippen LogP contribution is 2.32. The van der Waals surface area contributed by atoms with Gasteiger partial charge in [-0.1, -0.05) is 24.6 Å². The van der Waals surface area contributed by atoms with Gasteiger partial charge in [0.1, 0.15) is 0 Å². The molecule has 3 rings (SSSR count). The van der Waals surface area contributed by atoms with Gasteiger partial charge < -0.3 is 5.32 Å². The molecule has 0 bridgehead atoms. The molecule has 4 heteroatoms. The van der Waals surface area contributed by atoms with E-state index in [1.807, 2.05) is 12.1 Å². The highest BCUT2D eigenvalue weighted by Gasteiger charge is 2.31. The summed E-state index contributed by atoms with van der Waals surface area (Å²) in [5.74, 6) is 0.105. The van der Waals surface area contributed by atoms with E-state index in [0.717, 1.165) is 37.1 Å². The number of carbonyl (C=O) groups excluding carboxylic acids is 1. The van der Waals surface area contributed by atoms with E-state index in [-0.39, 0.29) is 11.8 Å². The highest BCUT2D eigenvalue weighted by atomic mass is 16.2. The molecular weight excluding hydrogens is 262 g/mol. The second-order valence-electron chi connectivity index (χ2n) is 6.37. The summed E-state index contributed by atoms with van der Waals surface area (Å²) in [7, 11) is 0. The van der Waals surface area contributed by atoms with Gasteiger partial charge in [0.2, 0.25) is 5.91 Å². The monoisotopic (exact) mass is 287 g/mol. The first kappa shape index (κ1) is 14.4. The lowest BCUT2D eigenvalue weighted by Crippen LogP contribution is -2.55. The van der Waals surface area contributed by atoms with Gasteiger partial charge in [0.15, 0.2) is 0 Å². The summed E-state index contributed by atoms with van der Waals surface area (Å²) in [6.07, 6.45) is 4.44. The van der Waals surface area contributed by atoms with Crippen molar-refractivity contribution in [2.75, 3.05) is 11.9 Å². The van der Waals surface area contributed by atoms with Gasteiger partial charge in [-0.3, -0.25) is 10.2 Å². The Kier molecular flexibility index (Phi) is 4.15. The minimum atomic E-state index is -0.0382. The maximum Gasteiger partial charge on any atom is 0.241 e. The van der Waals surface area contributed by atoms with Gasteiger partial charge in [-0.05, 0) is 44.7 Å². The van der Waals surface area contributed by atoms with Crippen molar-refractivity contribution in [3.05, 3.63) is 29.8 Å². The van der Waals surface area contributed by atoms with Gasteiger partial charge in [-0.2, -0.15) is 0 Å². The number of rotatable bonds is 2. The minimum absolute atomic E-state index is 0.0382. The number of anilines is 1. The van der Waals surface area contributed by atoms with E-state index in [9.17, 15) is 4.79 Å². The van der Waals surface area contributed by atoms with Crippen molar-refractivity contribution in [1.29, 1.82) is 0 Å². The zero-order valence-electron chi connectivity index (χ0n) is 12.9. The summed E-state index contributed by atoms with van der Waals surface area (Å²) in [6.45, 7) is 5.26. The van der Waals surface area contributed by atoms with Crippen LogP contribution in [0.1, 0.15) is 51.0 Å². The van der Waals surface area contributed by atoms with Crippen molar-refractivity contribution in [2.24, 2.45) is 0 Å². The van der Waals surface area contributed by atoms with Crippen molar-refractivity contribution in [3.63, 3.8) is 0 Å². The van der Waals surface area contributed by atoms with E-state index in [2.05, 4.69) is 41.7 Å². The molecule has 2 aliphatic heterocycles. The fourth-order valence-corrected chi connectivity index (χ4v) is 3.59. The number of nitrogens with one attached hydrogen (secondary N) is 2. The molecule has 4 nitrogen and oxygen atoms in total. The lowest BCUT2D eigenvalue weighted by atomic mass is 9.90. The summed E-state index contributed by atoms with van der Waals surface area (Å²) in [5, 5.41) is 5.54. The Labute approximate surface area is 126 Å². The molecule has 2 aliphatic rings. The van der Waals surface area contributed by atoms with Crippen LogP contribution < -0.4 is 10.7 Å². The third-order valence-corrected chi connectivity index (χ3v) is 4.83. The molecule has 114 valence electrons. The largest absolute Gasteiger partial charge is 0.385 e. The van der Waals surface area contributed by atoms with Crippen LogP contribution in [-0.2, 0) is 4.79 Å². The molecule has 1 fully saturated rings. The first-order chi connectivity index (χ1) is 10.2. The van der Waals surface area contributed by atoms with Crippen LogP contribution in [0.4, 0.5) is 5.69 Å². The average molecular weight is 287 g/mol. The van der Waals surface area contributed by atoms with Crippen LogP contribution in [0.3, 0.4) is 0 Å². The standard InChI is InChI=1S/C17H25N3O/c1-12-6-5-7-13(2)20(12)19-17(21)15-10-11-18-16-9-4-3-8-14(15)16/h3-4,8-9,12-13,15,18H,5-7,10-11H2,1-2H3,(H,19,21). The second kappa shape index (κ2) is 6.06. The molecule has 3 atom stereocenters. The van der Waals surface area contributed by atoms with Crippen LogP contribution in [0.5, 0.6) is 0 Å². The molecule has 21 heavy (non-hydrogen) atoms. The molecule has 0 aromatic heterocycles. The summed E-state index contributed by atoms with van der Waals surface area (Å²) < 4.78 is 0. The Morgan fingerprint density at radius 2 is 1.90 bits per heavy atom. The SMILES string of the molecule is CC1CCCC(C)N1NC(=O)C1CCNc2ccccc21. The van der Waals surface area contributed by atoms with Crippen LogP contribution >= 0.6 is 0 Å². The van der Waals surface area contributed by atoms with Crippen LogP contribution in [0.25, 0.3) is 0 Å². The lowest BCUT2D eigenvalue weighted by molar-refractivity contribution is -0.131. The summed E-state index contributed by atoms with van der Waals surface area (Å²) in [5.41, 5.74) is 5.42. The van der Waals surface area contributed by atoms with Crippen molar-refractivity contribution >= 4 is 11.6 Å².